The number of aliphatic carboxylic acids is 1. The van der Waals surface area contributed by atoms with Crippen molar-refractivity contribution in [1.29, 1.82) is 0 Å². The Balaban J connectivity index is 2.65. The molecule has 0 aliphatic rings. The van der Waals surface area contributed by atoms with E-state index >= 15 is 0 Å². The zero-order valence-corrected chi connectivity index (χ0v) is 17.2. The second-order valence-corrected chi connectivity index (χ2v) is 9.66. The van der Waals surface area contributed by atoms with Gasteiger partial charge in [0.15, 0.2) is 13.1 Å². The number of nitrogens with zero attached hydrogens (tertiary/aromatic N) is 4. The quantitative estimate of drug-likeness (QED) is 0.125. The number of carboxylic acid groups (broad SMARTS) is 1. The normalized spacial score (nSPS) is 13.0. The van der Waals surface area contributed by atoms with Crippen molar-refractivity contribution in [3.8, 4) is 0 Å². The highest BCUT2D eigenvalue weighted by molar-refractivity contribution is 7.61. The summed E-state index contributed by atoms with van der Waals surface area (Å²) < 4.78 is 20.4. The number of ether oxygens (including phenoxy) is 1. The van der Waals surface area contributed by atoms with Gasteiger partial charge in [0.25, 0.3) is 0 Å². The molecule has 9 nitrogen and oxygen atoms in total. The Morgan fingerprint density at radius 1 is 1.25 bits per heavy atom. The summed E-state index contributed by atoms with van der Waals surface area (Å²) in [6.45, 7) is 2.64. The maximum atomic E-state index is 13.3. The van der Waals surface area contributed by atoms with Gasteiger partial charge in [-0.2, -0.15) is 0 Å². The maximum absolute atomic E-state index is 13.3. The molecule has 0 aliphatic heterocycles. The van der Waals surface area contributed by atoms with Crippen molar-refractivity contribution >= 4 is 19.0 Å². The number of carboxylic acids is 1. The first-order valence-electron chi connectivity index (χ1n) is 8.98. The van der Waals surface area contributed by atoms with Crippen LogP contribution in [0.2, 0.25) is 0 Å². The predicted molar refractivity (Wildman–Crippen MR) is 107 cm³/mol. The van der Waals surface area contributed by atoms with Gasteiger partial charge in [-0.05, 0) is 31.5 Å². The fourth-order valence-corrected chi connectivity index (χ4v) is 4.89. The van der Waals surface area contributed by atoms with Crippen LogP contribution in [0.15, 0.2) is 29.4 Å². The van der Waals surface area contributed by atoms with Crippen molar-refractivity contribution in [1.82, 2.24) is 4.67 Å². The second kappa shape index (κ2) is 12.3. The van der Waals surface area contributed by atoms with E-state index in [1.54, 1.807) is 23.9 Å². The van der Waals surface area contributed by atoms with Crippen LogP contribution in [-0.4, -0.2) is 67.2 Å². The molecule has 10 heteroatoms. The molecule has 0 saturated heterocycles. The molecule has 0 aromatic heterocycles. The molecular formula is C18H27N4O5P. The summed E-state index contributed by atoms with van der Waals surface area (Å²) in [6.07, 6.45) is 0.759. The molecule has 28 heavy (non-hydrogen) atoms. The number of likely N-dealkylation sites (N-methyl/N-ethyl adjacent to an activating group) is 1. The highest BCUT2D eigenvalue weighted by atomic mass is 31.2. The third-order valence-electron chi connectivity index (χ3n) is 4.37. The predicted octanol–water partition coefficient (Wildman–Crippen LogP) is 3.44. The minimum Gasteiger partial charge on any atom is -0.481 e. The number of carbonyl (C=O) groups is 2. The van der Waals surface area contributed by atoms with E-state index in [2.05, 4.69) is 10.0 Å². The van der Waals surface area contributed by atoms with Gasteiger partial charge in [-0.25, -0.2) is 0 Å². The van der Waals surface area contributed by atoms with E-state index in [0.717, 1.165) is 5.56 Å². The SMILES string of the molecule is CC(=O)c1ccc(CCN(C)P(=O)(CCOCCN=[N+]=[N-])CCC(=O)O)cc1. The fourth-order valence-electron chi connectivity index (χ4n) is 2.56. The number of rotatable bonds is 14. The van der Waals surface area contributed by atoms with Crippen molar-refractivity contribution in [3.63, 3.8) is 0 Å². The lowest BCUT2D eigenvalue weighted by atomic mass is 10.1. The van der Waals surface area contributed by atoms with Crippen LogP contribution in [0.4, 0.5) is 0 Å². The smallest absolute Gasteiger partial charge is 0.303 e. The molecule has 1 rings (SSSR count). The van der Waals surface area contributed by atoms with Crippen molar-refractivity contribution in [2.24, 2.45) is 5.11 Å². The van der Waals surface area contributed by atoms with E-state index < -0.39 is 13.3 Å². The van der Waals surface area contributed by atoms with Gasteiger partial charge in [0, 0.05) is 35.9 Å². The van der Waals surface area contributed by atoms with E-state index in [1.165, 1.54) is 6.92 Å². The Hall–Kier alpha value is -2.18. The highest BCUT2D eigenvalue weighted by Crippen LogP contribution is 2.48. The Morgan fingerprint density at radius 3 is 2.50 bits per heavy atom. The third-order valence-corrected chi connectivity index (χ3v) is 7.61. The van der Waals surface area contributed by atoms with Gasteiger partial charge in [0.1, 0.15) is 0 Å². The van der Waals surface area contributed by atoms with Gasteiger partial charge in [0.05, 0.1) is 19.6 Å². The summed E-state index contributed by atoms with van der Waals surface area (Å²) in [6, 6.07) is 7.26. The number of carbonyl (C=O) groups excluding carboxylic acids is 1. The van der Waals surface area contributed by atoms with E-state index in [1.807, 2.05) is 12.1 Å². The second-order valence-electron chi connectivity index (χ2n) is 6.39. The van der Waals surface area contributed by atoms with Crippen LogP contribution in [0.25, 0.3) is 10.4 Å². The van der Waals surface area contributed by atoms with Crippen LogP contribution in [0.3, 0.4) is 0 Å². The molecule has 0 aliphatic carbocycles. The molecule has 1 aromatic carbocycles. The monoisotopic (exact) mass is 410 g/mol. The molecular weight excluding hydrogens is 383 g/mol. The van der Waals surface area contributed by atoms with Crippen molar-refractivity contribution < 1.29 is 24.0 Å². The summed E-state index contributed by atoms with van der Waals surface area (Å²) in [5.74, 6) is -0.986. The first kappa shape index (κ1) is 23.9. The van der Waals surface area contributed by atoms with Gasteiger partial charge in [-0.3, -0.25) is 14.3 Å². The molecule has 1 atom stereocenters. The Kier molecular flexibility index (Phi) is 10.5. The van der Waals surface area contributed by atoms with E-state index in [9.17, 15) is 14.2 Å². The number of azide groups is 1. The zero-order chi connectivity index (χ0) is 21.0. The highest BCUT2D eigenvalue weighted by Gasteiger charge is 2.28. The lowest BCUT2D eigenvalue weighted by Crippen LogP contribution is -2.24. The van der Waals surface area contributed by atoms with Crippen LogP contribution < -0.4 is 0 Å². The number of Topliss-reactive ketones (excluding diaryl/α,β-unsaturated/α-hetero) is 1. The summed E-state index contributed by atoms with van der Waals surface area (Å²) in [5.41, 5.74) is 9.87. The van der Waals surface area contributed by atoms with E-state index in [-0.39, 0.29) is 44.3 Å². The van der Waals surface area contributed by atoms with E-state index in [4.69, 9.17) is 15.4 Å². The molecule has 1 N–H and O–H groups in total. The summed E-state index contributed by atoms with van der Waals surface area (Å²) in [7, 11) is -1.18. The van der Waals surface area contributed by atoms with Gasteiger partial charge in [-0.1, -0.05) is 29.4 Å². The molecule has 1 unspecified atom stereocenters. The van der Waals surface area contributed by atoms with Crippen molar-refractivity contribution in [2.75, 3.05) is 45.7 Å². The largest absolute Gasteiger partial charge is 0.481 e. The Morgan fingerprint density at radius 2 is 1.93 bits per heavy atom. The number of hydrogen-bond acceptors (Lipinski definition) is 5. The molecule has 0 saturated carbocycles. The van der Waals surface area contributed by atoms with Crippen LogP contribution in [0.1, 0.15) is 29.3 Å². The van der Waals surface area contributed by atoms with Crippen LogP contribution in [-0.2, 0) is 20.5 Å². The fraction of sp³-hybridized carbons (Fsp3) is 0.556. The van der Waals surface area contributed by atoms with Gasteiger partial charge >= 0.3 is 5.97 Å². The summed E-state index contributed by atoms with van der Waals surface area (Å²) in [4.78, 5) is 24.9. The molecule has 0 amide bonds. The zero-order valence-electron chi connectivity index (χ0n) is 16.3. The van der Waals surface area contributed by atoms with E-state index in [0.29, 0.717) is 18.5 Å². The summed E-state index contributed by atoms with van der Waals surface area (Å²) >= 11 is 0. The number of benzene rings is 1. The maximum Gasteiger partial charge on any atom is 0.303 e. The topological polar surface area (TPSA) is 133 Å². The summed E-state index contributed by atoms with van der Waals surface area (Å²) in [5, 5.41) is 12.3. The molecule has 0 spiro atoms. The number of ketones is 1. The molecule has 0 radical (unpaired) electrons. The molecule has 0 heterocycles. The van der Waals surface area contributed by atoms with Crippen LogP contribution in [0.5, 0.6) is 0 Å². The lowest BCUT2D eigenvalue weighted by Gasteiger charge is -2.28. The molecule has 0 bridgehead atoms. The Bertz CT molecular complexity index is 747. The number of hydrogen-bond donors (Lipinski definition) is 1. The lowest BCUT2D eigenvalue weighted by molar-refractivity contribution is -0.136. The Labute approximate surface area is 164 Å². The van der Waals surface area contributed by atoms with Crippen LogP contribution >= 0.6 is 7.29 Å². The molecule has 154 valence electrons. The van der Waals surface area contributed by atoms with Gasteiger partial charge in [0.2, 0.25) is 0 Å². The average molecular weight is 410 g/mol. The van der Waals surface area contributed by atoms with Crippen molar-refractivity contribution in [3.05, 3.63) is 45.8 Å². The minimum atomic E-state index is -2.91. The van der Waals surface area contributed by atoms with Gasteiger partial charge in [-0.15, -0.1) is 0 Å². The first-order valence-corrected chi connectivity index (χ1v) is 11.0. The van der Waals surface area contributed by atoms with Crippen molar-refractivity contribution in [2.45, 2.75) is 19.8 Å². The minimum absolute atomic E-state index is 0.00213. The van der Waals surface area contributed by atoms with Gasteiger partial charge < -0.3 is 14.4 Å². The standard InChI is InChI=1S/C18H27N4O5P/c1-15(23)17-5-3-16(4-6-17)7-10-22(2)28(26,13-8-18(24)25)14-12-27-11-9-20-21-19/h3-6H,7-14H2,1-2H3,(H,24,25). The van der Waals surface area contributed by atoms with Crippen LogP contribution in [0, 0.1) is 0 Å². The first-order chi connectivity index (χ1) is 13.3. The molecule has 0 fully saturated rings. The molecule has 1 aromatic rings. The average Bonchev–Trinajstić information content (AvgIpc) is 2.67. The third kappa shape index (κ3) is 8.67.